The number of likely N-dealkylation sites (tertiary alicyclic amines) is 1. The van der Waals surface area contributed by atoms with E-state index in [1.807, 2.05) is 20.8 Å². The van der Waals surface area contributed by atoms with Gasteiger partial charge in [-0.05, 0) is 47.0 Å². The van der Waals surface area contributed by atoms with Crippen LogP contribution in [0.25, 0.3) is 0 Å². The van der Waals surface area contributed by atoms with Crippen molar-refractivity contribution in [3.63, 3.8) is 0 Å². The van der Waals surface area contributed by atoms with Crippen molar-refractivity contribution in [3.8, 4) is 0 Å². The number of nitrogens with one attached hydrogen (secondary N) is 2. The SMILES string of the molecule is CCCC(CN=C(NCC)N1CCCC1)NC(=O)OC(C)(C)C.I. The molecule has 0 bridgehead atoms. The highest BCUT2D eigenvalue weighted by molar-refractivity contribution is 14.0. The molecule has 0 spiro atoms. The number of hydrogen-bond donors (Lipinski definition) is 2. The topological polar surface area (TPSA) is 66.0 Å². The molecule has 0 aromatic heterocycles. The molecule has 1 fully saturated rings. The Balaban J connectivity index is 0.00000529. The lowest BCUT2D eigenvalue weighted by atomic mass is 10.1. The molecule has 1 rings (SSSR count). The van der Waals surface area contributed by atoms with Crippen molar-refractivity contribution in [3.05, 3.63) is 0 Å². The lowest BCUT2D eigenvalue weighted by molar-refractivity contribution is 0.0503. The van der Waals surface area contributed by atoms with Gasteiger partial charge in [-0.1, -0.05) is 13.3 Å². The molecule has 7 heteroatoms. The molecule has 1 aliphatic rings. The van der Waals surface area contributed by atoms with E-state index in [9.17, 15) is 4.79 Å². The second-order valence-electron chi connectivity index (χ2n) is 7.02. The van der Waals surface area contributed by atoms with Crippen LogP contribution in [0.5, 0.6) is 0 Å². The van der Waals surface area contributed by atoms with Crippen LogP contribution in [0, 0.1) is 0 Å². The van der Waals surface area contributed by atoms with Crippen molar-refractivity contribution in [1.82, 2.24) is 15.5 Å². The van der Waals surface area contributed by atoms with Crippen LogP contribution in [-0.2, 0) is 4.74 Å². The van der Waals surface area contributed by atoms with Crippen LogP contribution in [0.2, 0.25) is 0 Å². The first kappa shape index (κ1) is 23.3. The summed E-state index contributed by atoms with van der Waals surface area (Å²) in [4.78, 5) is 19.0. The fraction of sp³-hybridized carbons (Fsp3) is 0.882. The highest BCUT2D eigenvalue weighted by atomic mass is 127. The molecule has 1 amide bonds. The van der Waals surface area contributed by atoms with Gasteiger partial charge < -0.3 is 20.3 Å². The summed E-state index contributed by atoms with van der Waals surface area (Å²) in [5, 5.41) is 6.29. The van der Waals surface area contributed by atoms with Crippen LogP contribution in [0.3, 0.4) is 0 Å². The Hall–Kier alpha value is -0.730. The molecule has 0 aromatic carbocycles. The number of amides is 1. The zero-order valence-electron chi connectivity index (χ0n) is 15.9. The van der Waals surface area contributed by atoms with E-state index in [0.29, 0.717) is 6.54 Å². The van der Waals surface area contributed by atoms with Gasteiger partial charge in [-0.25, -0.2) is 4.79 Å². The lowest BCUT2D eigenvalue weighted by Crippen LogP contribution is -2.43. The molecule has 24 heavy (non-hydrogen) atoms. The predicted molar refractivity (Wildman–Crippen MR) is 110 cm³/mol. The molecule has 0 saturated carbocycles. The summed E-state index contributed by atoms with van der Waals surface area (Å²) >= 11 is 0. The Morgan fingerprint density at radius 2 is 1.88 bits per heavy atom. The summed E-state index contributed by atoms with van der Waals surface area (Å²) in [6, 6.07) is 0.00566. The molecule has 1 aliphatic heterocycles. The minimum Gasteiger partial charge on any atom is -0.444 e. The Labute approximate surface area is 164 Å². The molecule has 0 aromatic rings. The molecule has 0 radical (unpaired) electrons. The molecule has 1 heterocycles. The molecule has 1 unspecified atom stereocenters. The highest BCUT2D eigenvalue weighted by Crippen LogP contribution is 2.09. The predicted octanol–water partition coefficient (Wildman–Crippen LogP) is 3.36. The van der Waals surface area contributed by atoms with E-state index in [0.717, 1.165) is 38.4 Å². The number of aliphatic imine (C=N–C) groups is 1. The molecule has 0 aliphatic carbocycles. The van der Waals surface area contributed by atoms with Crippen LogP contribution >= 0.6 is 24.0 Å². The van der Waals surface area contributed by atoms with E-state index in [1.54, 1.807) is 0 Å². The Kier molecular flexibility index (Phi) is 11.4. The Morgan fingerprint density at radius 3 is 2.38 bits per heavy atom. The maximum absolute atomic E-state index is 12.0. The van der Waals surface area contributed by atoms with E-state index in [-0.39, 0.29) is 36.1 Å². The Bertz CT molecular complexity index is 391. The fourth-order valence-electron chi connectivity index (χ4n) is 2.58. The van der Waals surface area contributed by atoms with Crippen LogP contribution in [-0.4, -0.2) is 54.8 Å². The summed E-state index contributed by atoms with van der Waals surface area (Å²) in [5.74, 6) is 0.956. The lowest BCUT2D eigenvalue weighted by Gasteiger charge is -2.24. The van der Waals surface area contributed by atoms with Gasteiger partial charge in [0.2, 0.25) is 0 Å². The third kappa shape index (κ3) is 9.54. The number of alkyl carbamates (subject to hydrolysis) is 1. The van der Waals surface area contributed by atoms with Gasteiger partial charge in [0.05, 0.1) is 12.6 Å². The number of carbonyl (C=O) groups is 1. The van der Waals surface area contributed by atoms with Crippen molar-refractivity contribution >= 4 is 36.0 Å². The maximum atomic E-state index is 12.0. The summed E-state index contributed by atoms with van der Waals surface area (Å²) in [6.07, 6.45) is 3.97. The van der Waals surface area contributed by atoms with E-state index in [1.165, 1.54) is 12.8 Å². The summed E-state index contributed by atoms with van der Waals surface area (Å²) in [6.45, 7) is 13.3. The van der Waals surface area contributed by atoms with Crippen LogP contribution in [0.15, 0.2) is 4.99 Å². The van der Waals surface area contributed by atoms with E-state index >= 15 is 0 Å². The van der Waals surface area contributed by atoms with Crippen molar-refractivity contribution in [1.29, 1.82) is 0 Å². The zero-order chi connectivity index (χ0) is 17.3. The standard InChI is InChI=1S/C17H34N4O2.HI/c1-6-10-14(20-16(22)23-17(3,4)5)13-19-15(18-7-2)21-11-8-9-12-21;/h14H,6-13H2,1-5H3,(H,18,19)(H,20,22);1H. The third-order valence-electron chi connectivity index (χ3n) is 3.56. The van der Waals surface area contributed by atoms with E-state index < -0.39 is 5.60 Å². The van der Waals surface area contributed by atoms with Crippen molar-refractivity contribution in [2.24, 2.45) is 4.99 Å². The van der Waals surface area contributed by atoms with Crippen LogP contribution in [0.1, 0.15) is 60.3 Å². The van der Waals surface area contributed by atoms with Gasteiger partial charge in [0.15, 0.2) is 5.96 Å². The zero-order valence-corrected chi connectivity index (χ0v) is 18.2. The average molecular weight is 454 g/mol. The molecule has 2 N–H and O–H groups in total. The molecule has 1 atom stereocenters. The molecule has 6 nitrogen and oxygen atoms in total. The number of halogens is 1. The highest BCUT2D eigenvalue weighted by Gasteiger charge is 2.20. The Morgan fingerprint density at radius 1 is 1.25 bits per heavy atom. The second-order valence-corrected chi connectivity index (χ2v) is 7.02. The number of carbonyl (C=O) groups excluding carboxylic acids is 1. The van der Waals surface area contributed by atoms with Crippen molar-refractivity contribution in [2.45, 2.75) is 71.9 Å². The van der Waals surface area contributed by atoms with Gasteiger partial charge in [0, 0.05) is 19.6 Å². The van der Waals surface area contributed by atoms with E-state index in [2.05, 4.69) is 29.4 Å². The van der Waals surface area contributed by atoms with Crippen molar-refractivity contribution in [2.75, 3.05) is 26.2 Å². The monoisotopic (exact) mass is 454 g/mol. The third-order valence-corrected chi connectivity index (χ3v) is 3.56. The normalized spacial score (nSPS) is 16.4. The van der Waals surface area contributed by atoms with Crippen molar-refractivity contribution < 1.29 is 9.53 Å². The first-order valence-corrected chi connectivity index (χ1v) is 8.88. The van der Waals surface area contributed by atoms with Gasteiger partial charge in [-0.2, -0.15) is 0 Å². The van der Waals surface area contributed by atoms with Gasteiger partial charge in [0.25, 0.3) is 0 Å². The number of nitrogens with zero attached hydrogens (tertiary/aromatic N) is 2. The molecular weight excluding hydrogens is 419 g/mol. The molecule has 142 valence electrons. The first-order chi connectivity index (χ1) is 10.9. The van der Waals surface area contributed by atoms with Gasteiger partial charge in [0.1, 0.15) is 5.60 Å². The minimum absolute atomic E-state index is 0. The van der Waals surface area contributed by atoms with E-state index in [4.69, 9.17) is 9.73 Å². The quantitative estimate of drug-likeness (QED) is 0.367. The van der Waals surface area contributed by atoms with Gasteiger partial charge in [-0.3, -0.25) is 4.99 Å². The summed E-state index contributed by atoms with van der Waals surface area (Å²) < 4.78 is 5.34. The number of guanidine groups is 1. The summed E-state index contributed by atoms with van der Waals surface area (Å²) in [5.41, 5.74) is -0.478. The molecule has 1 saturated heterocycles. The first-order valence-electron chi connectivity index (χ1n) is 8.88. The fourth-order valence-corrected chi connectivity index (χ4v) is 2.58. The second kappa shape index (κ2) is 11.8. The van der Waals surface area contributed by atoms with Crippen LogP contribution in [0.4, 0.5) is 4.79 Å². The largest absolute Gasteiger partial charge is 0.444 e. The van der Waals surface area contributed by atoms with Gasteiger partial charge >= 0.3 is 6.09 Å². The van der Waals surface area contributed by atoms with Gasteiger partial charge in [-0.15, -0.1) is 24.0 Å². The maximum Gasteiger partial charge on any atom is 0.407 e. The molecular formula is C17H35IN4O2. The smallest absolute Gasteiger partial charge is 0.407 e. The average Bonchev–Trinajstić information content (AvgIpc) is 2.95. The number of hydrogen-bond acceptors (Lipinski definition) is 3. The number of rotatable bonds is 6. The van der Waals surface area contributed by atoms with Crippen LogP contribution < -0.4 is 10.6 Å². The number of ether oxygens (including phenoxy) is 1. The summed E-state index contributed by atoms with van der Waals surface area (Å²) in [7, 11) is 0. The minimum atomic E-state index is -0.478.